The largest absolute Gasteiger partial charge is 0.374 e. The van der Waals surface area contributed by atoms with E-state index >= 15 is 0 Å². The Morgan fingerprint density at radius 2 is 1.25 bits per heavy atom. The normalized spacial score (nSPS) is 47.6. The van der Waals surface area contributed by atoms with Crippen molar-refractivity contribution >= 4 is 0 Å². The van der Waals surface area contributed by atoms with Gasteiger partial charge in [0.1, 0.15) is 0 Å². The van der Waals surface area contributed by atoms with Gasteiger partial charge in [0.15, 0.2) is 0 Å². The molecule has 1 nitrogen and oxygen atoms in total. The van der Waals surface area contributed by atoms with E-state index < -0.39 is 0 Å². The van der Waals surface area contributed by atoms with Gasteiger partial charge < -0.3 is 4.74 Å². The van der Waals surface area contributed by atoms with E-state index in [-0.39, 0.29) is 7.43 Å². The molecule has 16 heavy (non-hydrogen) atoms. The third-order valence-corrected chi connectivity index (χ3v) is 5.50. The van der Waals surface area contributed by atoms with Crippen LogP contribution in [0.1, 0.15) is 61.8 Å². The Balaban J connectivity index is 0.00000128. The topological polar surface area (TPSA) is 9.23 Å². The van der Waals surface area contributed by atoms with Crippen molar-refractivity contribution in [1.29, 1.82) is 0 Å². The zero-order valence-corrected chi connectivity index (χ0v) is 11.0. The second kappa shape index (κ2) is 3.87. The van der Waals surface area contributed by atoms with Crippen molar-refractivity contribution in [2.75, 3.05) is 0 Å². The molecular weight excluding hydrogens is 196 g/mol. The van der Waals surface area contributed by atoms with Crippen LogP contribution in [0.15, 0.2) is 11.1 Å². The molecule has 4 unspecified atom stereocenters. The minimum absolute atomic E-state index is 0. The molecule has 2 rings (SSSR count). The Hall–Kier alpha value is -0.300. The van der Waals surface area contributed by atoms with Crippen molar-refractivity contribution in [2.24, 2.45) is 10.8 Å². The molecule has 94 valence electrons. The fourth-order valence-electron chi connectivity index (χ4n) is 3.63. The molecule has 2 aliphatic rings. The summed E-state index contributed by atoms with van der Waals surface area (Å²) >= 11 is 0. The average Bonchev–Trinajstić information content (AvgIpc) is 2.28. The molecular formula is C15H28O. The van der Waals surface area contributed by atoms with Crippen molar-refractivity contribution in [3.05, 3.63) is 11.1 Å². The lowest BCUT2D eigenvalue weighted by Crippen LogP contribution is -2.44. The summed E-state index contributed by atoms with van der Waals surface area (Å²) in [4.78, 5) is 0. The van der Waals surface area contributed by atoms with Crippen LogP contribution in [0.2, 0.25) is 0 Å². The van der Waals surface area contributed by atoms with Gasteiger partial charge in [-0.1, -0.05) is 32.4 Å². The highest BCUT2D eigenvalue weighted by Gasteiger charge is 2.59. The molecule has 0 aromatic rings. The first-order valence-electron chi connectivity index (χ1n) is 6.12. The summed E-state index contributed by atoms with van der Waals surface area (Å²) in [6.45, 7) is 13.9. The zero-order chi connectivity index (χ0) is 11.4. The minimum Gasteiger partial charge on any atom is -0.374 e. The number of fused-ring (bicyclic) bond motifs is 1. The van der Waals surface area contributed by atoms with Crippen molar-refractivity contribution in [2.45, 2.75) is 74.0 Å². The first-order chi connectivity index (χ1) is 6.81. The lowest BCUT2D eigenvalue weighted by molar-refractivity contribution is 0.0334. The molecule has 1 heteroatoms. The second-order valence-electron chi connectivity index (χ2n) is 6.17. The molecule has 0 radical (unpaired) electrons. The number of allylic oxidation sites excluding steroid dienone is 2. The van der Waals surface area contributed by atoms with Crippen molar-refractivity contribution in [3.8, 4) is 0 Å². The van der Waals surface area contributed by atoms with Crippen LogP contribution in [0.4, 0.5) is 0 Å². The van der Waals surface area contributed by atoms with Gasteiger partial charge in [-0.05, 0) is 40.5 Å². The highest BCUT2D eigenvalue weighted by molar-refractivity contribution is 5.25. The number of hydrogen-bond acceptors (Lipinski definition) is 1. The summed E-state index contributed by atoms with van der Waals surface area (Å²) in [6, 6.07) is 0. The summed E-state index contributed by atoms with van der Waals surface area (Å²) < 4.78 is 6.08. The highest BCUT2D eigenvalue weighted by Crippen LogP contribution is 2.61. The van der Waals surface area contributed by atoms with Crippen LogP contribution in [0.3, 0.4) is 0 Å². The van der Waals surface area contributed by atoms with Gasteiger partial charge >= 0.3 is 0 Å². The van der Waals surface area contributed by atoms with Gasteiger partial charge in [0.05, 0.1) is 12.2 Å². The Kier molecular flexibility index (Phi) is 3.33. The van der Waals surface area contributed by atoms with Crippen LogP contribution in [-0.4, -0.2) is 12.2 Å². The third-order valence-electron chi connectivity index (χ3n) is 5.50. The van der Waals surface area contributed by atoms with E-state index in [9.17, 15) is 0 Å². The van der Waals surface area contributed by atoms with Crippen LogP contribution in [-0.2, 0) is 4.74 Å². The molecule has 4 atom stereocenters. The SMILES string of the molecule is C.CC1=C(C)CC2(C)C(C)OC(C)C2(C)C1. The van der Waals surface area contributed by atoms with Crippen molar-refractivity contribution in [1.82, 2.24) is 0 Å². The molecule has 0 spiro atoms. The Morgan fingerprint density at radius 1 is 0.938 bits per heavy atom. The molecule has 0 N–H and O–H groups in total. The lowest BCUT2D eigenvalue weighted by atomic mass is 9.54. The molecule has 0 aromatic heterocycles. The van der Waals surface area contributed by atoms with Crippen LogP contribution >= 0.6 is 0 Å². The lowest BCUT2D eigenvalue weighted by Gasteiger charge is -2.47. The number of rotatable bonds is 0. The summed E-state index contributed by atoms with van der Waals surface area (Å²) in [5.74, 6) is 0. The van der Waals surface area contributed by atoms with E-state index in [0.29, 0.717) is 23.0 Å². The van der Waals surface area contributed by atoms with Crippen LogP contribution in [0, 0.1) is 10.8 Å². The fourth-order valence-corrected chi connectivity index (χ4v) is 3.63. The van der Waals surface area contributed by atoms with Gasteiger partial charge in [0.25, 0.3) is 0 Å². The maximum atomic E-state index is 6.08. The van der Waals surface area contributed by atoms with Crippen molar-refractivity contribution in [3.63, 3.8) is 0 Å². The molecule has 1 saturated heterocycles. The predicted molar refractivity (Wildman–Crippen MR) is 70.6 cm³/mol. The maximum Gasteiger partial charge on any atom is 0.0613 e. The van der Waals surface area contributed by atoms with Crippen LogP contribution in [0.25, 0.3) is 0 Å². The highest BCUT2D eigenvalue weighted by atomic mass is 16.5. The Bertz CT molecular complexity index is 287. The monoisotopic (exact) mass is 224 g/mol. The quantitative estimate of drug-likeness (QED) is 0.548. The Labute approximate surface area is 101 Å². The summed E-state index contributed by atoms with van der Waals surface area (Å²) in [7, 11) is 0. The van der Waals surface area contributed by atoms with Gasteiger partial charge in [0, 0.05) is 10.8 Å². The smallest absolute Gasteiger partial charge is 0.0613 e. The molecule has 0 aromatic carbocycles. The molecule has 1 fully saturated rings. The van der Waals surface area contributed by atoms with Gasteiger partial charge in [-0.15, -0.1) is 0 Å². The summed E-state index contributed by atoms with van der Waals surface area (Å²) in [5, 5.41) is 0. The van der Waals surface area contributed by atoms with E-state index in [1.165, 1.54) is 12.8 Å². The fraction of sp³-hybridized carbons (Fsp3) is 0.867. The van der Waals surface area contributed by atoms with E-state index in [4.69, 9.17) is 4.74 Å². The molecule has 1 aliphatic carbocycles. The van der Waals surface area contributed by atoms with E-state index in [1.54, 1.807) is 11.1 Å². The summed E-state index contributed by atoms with van der Waals surface area (Å²) in [6.07, 6.45) is 3.20. The minimum atomic E-state index is 0. The van der Waals surface area contributed by atoms with E-state index in [1.807, 2.05) is 0 Å². The zero-order valence-electron chi connectivity index (χ0n) is 11.0. The second-order valence-corrected chi connectivity index (χ2v) is 6.17. The van der Waals surface area contributed by atoms with Gasteiger partial charge in [-0.3, -0.25) is 0 Å². The Morgan fingerprint density at radius 3 is 1.56 bits per heavy atom. The molecule has 1 aliphatic heterocycles. The standard InChI is InChI=1S/C14H24O.CH4/c1-9-7-13(5)11(3)15-12(4)14(13,6)8-10(9)2;/h11-12H,7-8H2,1-6H3;1H4. The van der Waals surface area contributed by atoms with Gasteiger partial charge in [-0.2, -0.15) is 0 Å². The van der Waals surface area contributed by atoms with Gasteiger partial charge in [-0.25, -0.2) is 0 Å². The predicted octanol–water partition coefficient (Wildman–Crippen LogP) is 4.57. The first-order valence-corrected chi connectivity index (χ1v) is 6.12. The van der Waals surface area contributed by atoms with Crippen molar-refractivity contribution < 1.29 is 4.74 Å². The van der Waals surface area contributed by atoms with E-state index in [0.717, 1.165) is 0 Å². The third kappa shape index (κ3) is 1.48. The molecule has 0 saturated carbocycles. The average molecular weight is 224 g/mol. The number of hydrogen-bond donors (Lipinski definition) is 0. The van der Waals surface area contributed by atoms with Gasteiger partial charge in [0.2, 0.25) is 0 Å². The molecule has 0 amide bonds. The summed E-state index contributed by atoms with van der Waals surface area (Å²) in [5.41, 5.74) is 3.82. The van der Waals surface area contributed by atoms with Crippen LogP contribution in [0.5, 0.6) is 0 Å². The molecule has 1 heterocycles. The first kappa shape index (κ1) is 13.8. The van der Waals surface area contributed by atoms with E-state index in [2.05, 4.69) is 41.5 Å². The molecule has 0 bridgehead atoms. The van der Waals surface area contributed by atoms with Crippen LogP contribution < -0.4 is 0 Å². The maximum absolute atomic E-state index is 6.08. The number of ether oxygens (including phenoxy) is 1.